The van der Waals surface area contributed by atoms with Gasteiger partial charge in [0.25, 0.3) is 5.69 Å². The molecule has 1 N–H and O–H groups in total. The molecule has 2 aromatic rings. The summed E-state index contributed by atoms with van der Waals surface area (Å²) in [5.41, 5.74) is 2.64. The average Bonchev–Trinajstić information content (AvgIpc) is 3.04. The first-order chi connectivity index (χ1) is 12.0. The van der Waals surface area contributed by atoms with Crippen molar-refractivity contribution in [2.24, 2.45) is 5.92 Å². The molecule has 0 bridgehead atoms. The summed E-state index contributed by atoms with van der Waals surface area (Å²) < 4.78 is 0. The summed E-state index contributed by atoms with van der Waals surface area (Å²) in [4.78, 5) is 10.8. The number of allylic oxidation sites excluding steroid dienone is 2. The number of benzene rings is 2. The largest absolute Gasteiger partial charge is 0.376 e. The number of hydrogen-bond donors (Lipinski definition) is 1. The minimum Gasteiger partial charge on any atom is -0.376 e. The van der Waals surface area contributed by atoms with E-state index in [0.717, 1.165) is 23.2 Å². The van der Waals surface area contributed by atoms with E-state index in [-0.39, 0.29) is 28.6 Å². The summed E-state index contributed by atoms with van der Waals surface area (Å²) in [7, 11) is 0. The van der Waals surface area contributed by atoms with E-state index in [1.807, 2.05) is 12.1 Å². The van der Waals surface area contributed by atoms with E-state index in [0.29, 0.717) is 10.0 Å². The van der Waals surface area contributed by atoms with Crippen molar-refractivity contribution in [1.29, 1.82) is 0 Å². The number of nitro groups is 1. The Hall–Kier alpha value is -1.75. The molecule has 1 aliphatic carbocycles. The van der Waals surface area contributed by atoms with Crippen LogP contribution in [0.15, 0.2) is 42.5 Å². The number of anilines is 1. The molecule has 3 atom stereocenters. The normalized spacial score (nSPS) is 23.7. The Morgan fingerprint density at radius 3 is 2.68 bits per heavy atom. The fraction of sp³-hybridized carbons (Fsp3) is 0.222. The van der Waals surface area contributed by atoms with E-state index in [1.54, 1.807) is 18.2 Å². The van der Waals surface area contributed by atoms with Gasteiger partial charge in [-0.3, -0.25) is 10.1 Å². The third kappa shape index (κ3) is 2.78. The predicted octanol–water partition coefficient (Wildman–Crippen LogP) is 6.38. The molecule has 0 fully saturated rings. The molecule has 2 aromatic carbocycles. The Bertz CT molecular complexity index is 913. The molecule has 0 saturated heterocycles. The van der Waals surface area contributed by atoms with E-state index in [1.165, 1.54) is 0 Å². The highest BCUT2D eigenvalue weighted by Crippen LogP contribution is 2.52. The molecule has 1 aliphatic heterocycles. The maximum Gasteiger partial charge on any atom is 0.288 e. The maximum atomic E-state index is 11.2. The third-order valence-electron chi connectivity index (χ3n) is 4.91. The molecular weight excluding hydrogens is 383 g/mol. The topological polar surface area (TPSA) is 55.2 Å². The zero-order valence-corrected chi connectivity index (χ0v) is 15.1. The maximum absolute atomic E-state index is 11.2. The number of fused-ring (bicyclic) bond motifs is 3. The molecule has 3 unspecified atom stereocenters. The van der Waals surface area contributed by atoms with Crippen molar-refractivity contribution in [1.82, 2.24) is 0 Å². The number of hydrogen-bond acceptors (Lipinski definition) is 3. The lowest BCUT2D eigenvalue weighted by Crippen LogP contribution is -2.29. The van der Waals surface area contributed by atoms with Crippen molar-refractivity contribution >= 4 is 46.2 Å². The fourth-order valence-electron chi connectivity index (χ4n) is 3.81. The van der Waals surface area contributed by atoms with Gasteiger partial charge in [-0.15, -0.1) is 0 Å². The van der Waals surface area contributed by atoms with Gasteiger partial charge in [-0.05, 0) is 41.7 Å². The van der Waals surface area contributed by atoms with Crippen LogP contribution in [0.25, 0.3) is 0 Å². The van der Waals surface area contributed by atoms with Crippen molar-refractivity contribution in [2.75, 3.05) is 5.32 Å². The highest BCUT2D eigenvalue weighted by Gasteiger charge is 2.39. The average molecular weight is 396 g/mol. The van der Waals surface area contributed by atoms with Gasteiger partial charge >= 0.3 is 0 Å². The van der Waals surface area contributed by atoms with Gasteiger partial charge in [0.05, 0.1) is 21.7 Å². The molecule has 4 rings (SSSR count). The van der Waals surface area contributed by atoms with Crippen molar-refractivity contribution < 1.29 is 4.92 Å². The SMILES string of the molecule is O=[N+]([O-])c1cc(C2Nc3c(Cl)cc(Cl)cc3C3C=CCC32)ccc1Cl. The summed E-state index contributed by atoms with van der Waals surface area (Å²) in [6, 6.07) is 8.50. The first-order valence-electron chi connectivity index (χ1n) is 7.81. The Balaban J connectivity index is 1.82. The van der Waals surface area contributed by atoms with Crippen LogP contribution in [-0.4, -0.2) is 4.92 Å². The fourth-order valence-corrected chi connectivity index (χ4v) is 4.56. The number of nitro benzene ring substituents is 1. The summed E-state index contributed by atoms with van der Waals surface area (Å²) in [5, 5.41) is 16.0. The lowest BCUT2D eigenvalue weighted by atomic mass is 9.77. The standard InChI is InChI=1S/C18H13Cl3N2O2/c19-10-7-13-11-2-1-3-12(11)17(22-18(13)15(21)8-10)9-4-5-14(20)16(6-9)23(24)25/h1-2,4-8,11-12,17,22H,3H2. The predicted molar refractivity (Wildman–Crippen MR) is 101 cm³/mol. The zero-order valence-electron chi connectivity index (χ0n) is 12.9. The van der Waals surface area contributed by atoms with Crippen LogP contribution in [0.4, 0.5) is 11.4 Å². The third-order valence-corrected chi connectivity index (χ3v) is 5.75. The van der Waals surface area contributed by atoms with Gasteiger partial charge in [-0.1, -0.05) is 53.0 Å². The summed E-state index contributed by atoms with van der Waals surface area (Å²) >= 11 is 18.5. The van der Waals surface area contributed by atoms with Crippen molar-refractivity contribution in [3.05, 3.63) is 78.8 Å². The van der Waals surface area contributed by atoms with Crippen molar-refractivity contribution in [3.8, 4) is 0 Å². The number of halogens is 3. The molecule has 0 amide bonds. The molecule has 0 radical (unpaired) electrons. The van der Waals surface area contributed by atoms with Crippen molar-refractivity contribution in [2.45, 2.75) is 18.4 Å². The number of rotatable bonds is 2. The second-order valence-corrected chi connectivity index (χ2v) is 7.55. The molecule has 25 heavy (non-hydrogen) atoms. The molecule has 0 spiro atoms. The lowest BCUT2D eigenvalue weighted by molar-refractivity contribution is -0.384. The van der Waals surface area contributed by atoms with Crippen LogP contribution in [0.2, 0.25) is 15.1 Å². The van der Waals surface area contributed by atoms with E-state index < -0.39 is 4.92 Å². The summed E-state index contributed by atoms with van der Waals surface area (Å²) in [6.07, 6.45) is 5.18. The monoisotopic (exact) mass is 394 g/mol. The van der Waals surface area contributed by atoms with Gasteiger partial charge < -0.3 is 5.32 Å². The second-order valence-electron chi connectivity index (χ2n) is 6.30. The van der Waals surface area contributed by atoms with Gasteiger partial charge in [-0.25, -0.2) is 0 Å². The quantitative estimate of drug-likeness (QED) is 0.364. The van der Waals surface area contributed by atoms with Crippen LogP contribution in [0, 0.1) is 16.0 Å². The van der Waals surface area contributed by atoms with Gasteiger partial charge in [0, 0.05) is 17.0 Å². The smallest absolute Gasteiger partial charge is 0.288 e. The van der Waals surface area contributed by atoms with Gasteiger partial charge in [0.2, 0.25) is 0 Å². The molecule has 0 aromatic heterocycles. The molecule has 4 nitrogen and oxygen atoms in total. The molecule has 2 aliphatic rings. The first kappa shape index (κ1) is 16.7. The summed E-state index contributed by atoms with van der Waals surface area (Å²) in [6.45, 7) is 0. The van der Waals surface area contributed by atoms with Crippen LogP contribution < -0.4 is 5.32 Å². The van der Waals surface area contributed by atoms with Gasteiger partial charge in [0.15, 0.2) is 0 Å². The Morgan fingerprint density at radius 1 is 1.12 bits per heavy atom. The highest BCUT2D eigenvalue weighted by atomic mass is 35.5. The van der Waals surface area contributed by atoms with Crippen LogP contribution in [0.1, 0.15) is 29.5 Å². The van der Waals surface area contributed by atoms with Crippen LogP contribution in [0.3, 0.4) is 0 Å². The first-order valence-corrected chi connectivity index (χ1v) is 8.95. The van der Waals surface area contributed by atoms with Crippen LogP contribution in [-0.2, 0) is 0 Å². The Kier molecular flexibility index (Phi) is 4.14. The van der Waals surface area contributed by atoms with Crippen LogP contribution >= 0.6 is 34.8 Å². The van der Waals surface area contributed by atoms with Gasteiger partial charge in [-0.2, -0.15) is 0 Å². The van der Waals surface area contributed by atoms with E-state index in [4.69, 9.17) is 34.8 Å². The number of nitrogens with zero attached hydrogens (tertiary/aromatic N) is 1. The molecular formula is C18H13Cl3N2O2. The van der Waals surface area contributed by atoms with Crippen molar-refractivity contribution in [3.63, 3.8) is 0 Å². The molecule has 128 valence electrons. The zero-order chi connectivity index (χ0) is 17.7. The minimum absolute atomic E-state index is 0.0866. The minimum atomic E-state index is -0.459. The highest BCUT2D eigenvalue weighted by molar-refractivity contribution is 6.36. The lowest BCUT2D eigenvalue weighted by Gasteiger charge is -2.38. The number of nitrogens with one attached hydrogen (secondary N) is 1. The van der Waals surface area contributed by atoms with E-state index in [2.05, 4.69) is 17.5 Å². The summed E-state index contributed by atoms with van der Waals surface area (Å²) in [5.74, 6) is 0.412. The van der Waals surface area contributed by atoms with E-state index >= 15 is 0 Å². The molecule has 1 heterocycles. The Morgan fingerprint density at radius 2 is 1.92 bits per heavy atom. The van der Waals surface area contributed by atoms with E-state index in [9.17, 15) is 10.1 Å². The molecule has 7 heteroatoms. The van der Waals surface area contributed by atoms with Crippen LogP contribution in [0.5, 0.6) is 0 Å². The van der Waals surface area contributed by atoms with Gasteiger partial charge in [0.1, 0.15) is 5.02 Å². The Labute approximate surface area is 159 Å². The second kappa shape index (κ2) is 6.20. The molecule has 0 saturated carbocycles.